The Morgan fingerprint density at radius 1 is 1.67 bits per heavy atom. The Hall–Kier alpha value is -1.06. The Bertz CT molecular complexity index is 512. The molecular weight excluding hydrogens is 316 g/mol. The number of aromatic nitrogens is 2. The molecule has 1 aromatic heterocycles. The summed E-state index contributed by atoms with van der Waals surface area (Å²) in [6.07, 6.45) is -4.78. The number of ether oxygens (including phenoxy) is 1. The Labute approximate surface area is 109 Å². The largest absolute Gasteiger partial charge is 0.387 e. The van der Waals surface area contributed by atoms with E-state index in [4.69, 9.17) is 10.5 Å². The molecule has 2 heterocycles. The number of aliphatic hydroxyl groups is 1. The van der Waals surface area contributed by atoms with Gasteiger partial charge in [0.15, 0.2) is 24.0 Å². The van der Waals surface area contributed by atoms with Gasteiger partial charge < -0.3 is 15.6 Å². The van der Waals surface area contributed by atoms with Gasteiger partial charge in [-0.25, -0.2) is 13.6 Å². The standard InChI is InChI=1S/C9H10BrF2N3O3/c10-1-4-6(16)5(12)8(18-4)15-2-3(11)7(13)14-9(15)17/h2,4-6,8,16H,1H2,(H2,13,14,17)/t4-,5-,6+,8+/m0/s1. The van der Waals surface area contributed by atoms with Crippen molar-refractivity contribution in [3.8, 4) is 0 Å². The van der Waals surface area contributed by atoms with Crippen LogP contribution in [0.4, 0.5) is 14.6 Å². The molecule has 1 aromatic rings. The van der Waals surface area contributed by atoms with Gasteiger partial charge >= 0.3 is 5.69 Å². The van der Waals surface area contributed by atoms with E-state index in [0.29, 0.717) is 10.8 Å². The first-order valence-electron chi connectivity index (χ1n) is 5.03. The first-order valence-corrected chi connectivity index (χ1v) is 6.15. The van der Waals surface area contributed by atoms with Gasteiger partial charge in [0.25, 0.3) is 0 Å². The number of alkyl halides is 2. The molecule has 100 valence electrons. The highest BCUT2D eigenvalue weighted by atomic mass is 79.9. The first-order chi connectivity index (χ1) is 8.45. The third-order valence-electron chi connectivity index (χ3n) is 2.65. The van der Waals surface area contributed by atoms with Gasteiger partial charge in [-0.1, -0.05) is 15.9 Å². The van der Waals surface area contributed by atoms with Crippen molar-refractivity contribution in [2.24, 2.45) is 0 Å². The fourth-order valence-electron chi connectivity index (χ4n) is 1.69. The van der Waals surface area contributed by atoms with Crippen molar-refractivity contribution in [3.63, 3.8) is 0 Å². The van der Waals surface area contributed by atoms with Crippen LogP contribution in [0.1, 0.15) is 6.23 Å². The zero-order chi connectivity index (χ0) is 13.4. The second-order valence-electron chi connectivity index (χ2n) is 3.82. The molecule has 2 rings (SSSR count). The van der Waals surface area contributed by atoms with Gasteiger partial charge in [0, 0.05) is 5.33 Å². The minimum Gasteiger partial charge on any atom is -0.387 e. The summed E-state index contributed by atoms with van der Waals surface area (Å²) in [5.74, 6) is -1.52. The average molecular weight is 326 g/mol. The minimum atomic E-state index is -1.85. The van der Waals surface area contributed by atoms with Crippen LogP contribution in [0.5, 0.6) is 0 Å². The summed E-state index contributed by atoms with van der Waals surface area (Å²) in [6, 6.07) is 0. The molecule has 18 heavy (non-hydrogen) atoms. The number of anilines is 1. The molecule has 1 aliphatic heterocycles. The minimum absolute atomic E-state index is 0.185. The summed E-state index contributed by atoms with van der Waals surface area (Å²) in [4.78, 5) is 14.7. The summed E-state index contributed by atoms with van der Waals surface area (Å²) in [5, 5.41) is 9.70. The SMILES string of the molecule is Nc1nc(=O)n([C@@H]2O[C@@H](CBr)[C@@H](O)[C@@H]2F)cc1F. The summed E-state index contributed by atoms with van der Waals surface area (Å²) in [7, 11) is 0. The van der Waals surface area contributed by atoms with E-state index in [1.807, 2.05) is 0 Å². The van der Waals surface area contributed by atoms with Crippen molar-refractivity contribution in [3.05, 3.63) is 22.5 Å². The number of rotatable bonds is 2. The predicted molar refractivity (Wildman–Crippen MR) is 61.5 cm³/mol. The number of hydrogen-bond donors (Lipinski definition) is 2. The summed E-state index contributed by atoms with van der Waals surface area (Å²) >= 11 is 3.04. The first kappa shape index (κ1) is 13.4. The van der Waals surface area contributed by atoms with Gasteiger partial charge in [0.2, 0.25) is 0 Å². The molecule has 0 aliphatic carbocycles. The van der Waals surface area contributed by atoms with Gasteiger partial charge in [-0.3, -0.25) is 4.57 Å². The van der Waals surface area contributed by atoms with Gasteiger partial charge in [-0.15, -0.1) is 0 Å². The Morgan fingerprint density at radius 2 is 2.33 bits per heavy atom. The second-order valence-corrected chi connectivity index (χ2v) is 4.47. The number of halogens is 3. The molecule has 3 N–H and O–H groups in total. The topological polar surface area (TPSA) is 90.4 Å². The molecule has 0 saturated carbocycles. The van der Waals surface area contributed by atoms with Crippen LogP contribution in [-0.2, 0) is 4.74 Å². The Balaban J connectivity index is 2.39. The smallest absolute Gasteiger partial charge is 0.351 e. The maximum Gasteiger partial charge on any atom is 0.351 e. The van der Waals surface area contributed by atoms with Gasteiger partial charge in [0.05, 0.1) is 12.3 Å². The maximum atomic E-state index is 13.8. The van der Waals surface area contributed by atoms with E-state index in [1.165, 1.54) is 0 Å². The number of hydrogen-bond acceptors (Lipinski definition) is 5. The number of nitrogen functional groups attached to an aromatic ring is 1. The van der Waals surface area contributed by atoms with Crippen molar-refractivity contribution in [2.75, 3.05) is 11.1 Å². The molecule has 4 atom stereocenters. The van der Waals surface area contributed by atoms with Crippen LogP contribution in [0.2, 0.25) is 0 Å². The molecule has 1 fully saturated rings. The zero-order valence-electron chi connectivity index (χ0n) is 8.96. The van der Waals surface area contributed by atoms with E-state index in [2.05, 4.69) is 20.9 Å². The Morgan fingerprint density at radius 3 is 2.89 bits per heavy atom. The van der Waals surface area contributed by atoms with Crippen LogP contribution >= 0.6 is 15.9 Å². The molecule has 0 radical (unpaired) electrons. The lowest BCUT2D eigenvalue weighted by Gasteiger charge is -2.15. The molecule has 0 aromatic carbocycles. The molecule has 1 aliphatic rings. The van der Waals surface area contributed by atoms with E-state index < -0.39 is 41.9 Å². The predicted octanol–water partition coefficient (Wildman–Crippen LogP) is -0.0441. The molecular formula is C9H10BrF2N3O3. The fourth-order valence-corrected chi connectivity index (χ4v) is 2.23. The molecule has 9 heteroatoms. The van der Waals surface area contributed by atoms with Crippen LogP contribution in [0.3, 0.4) is 0 Å². The number of nitrogens with zero attached hydrogens (tertiary/aromatic N) is 2. The lowest BCUT2D eigenvalue weighted by molar-refractivity contribution is -0.0163. The van der Waals surface area contributed by atoms with Crippen molar-refractivity contribution in [2.45, 2.75) is 24.6 Å². The molecule has 0 bridgehead atoms. The van der Waals surface area contributed by atoms with E-state index in [9.17, 15) is 18.7 Å². The van der Waals surface area contributed by atoms with Crippen LogP contribution in [0.15, 0.2) is 11.0 Å². The van der Waals surface area contributed by atoms with Crippen LogP contribution in [0, 0.1) is 5.82 Å². The summed E-state index contributed by atoms with van der Waals surface area (Å²) < 4.78 is 32.8. The monoisotopic (exact) mass is 325 g/mol. The van der Waals surface area contributed by atoms with E-state index >= 15 is 0 Å². The van der Waals surface area contributed by atoms with Crippen molar-refractivity contribution < 1.29 is 18.6 Å². The molecule has 0 unspecified atom stereocenters. The van der Waals surface area contributed by atoms with Crippen molar-refractivity contribution in [1.82, 2.24) is 9.55 Å². The quantitative estimate of drug-likeness (QED) is 0.744. The maximum absolute atomic E-state index is 13.8. The zero-order valence-corrected chi connectivity index (χ0v) is 10.5. The third-order valence-corrected chi connectivity index (χ3v) is 3.29. The lowest BCUT2D eigenvalue weighted by Crippen LogP contribution is -2.33. The van der Waals surface area contributed by atoms with Crippen LogP contribution < -0.4 is 11.4 Å². The van der Waals surface area contributed by atoms with E-state index in [-0.39, 0.29) is 5.33 Å². The summed E-state index contributed by atoms with van der Waals surface area (Å²) in [5.41, 5.74) is 4.17. The van der Waals surface area contributed by atoms with Crippen molar-refractivity contribution >= 4 is 21.7 Å². The number of aliphatic hydroxyl groups excluding tert-OH is 1. The molecule has 1 saturated heterocycles. The lowest BCUT2D eigenvalue weighted by atomic mass is 10.2. The third kappa shape index (κ3) is 2.13. The average Bonchev–Trinajstić information content (AvgIpc) is 2.61. The highest BCUT2D eigenvalue weighted by Crippen LogP contribution is 2.31. The van der Waals surface area contributed by atoms with Crippen LogP contribution in [-0.4, -0.2) is 38.4 Å². The second kappa shape index (κ2) is 4.90. The van der Waals surface area contributed by atoms with Gasteiger partial charge in [-0.05, 0) is 0 Å². The molecule has 6 nitrogen and oxygen atoms in total. The molecule has 0 spiro atoms. The normalized spacial score (nSPS) is 31.8. The van der Waals surface area contributed by atoms with E-state index in [1.54, 1.807) is 0 Å². The fraction of sp³-hybridized carbons (Fsp3) is 0.556. The Kier molecular flexibility index (Phi) is 3.64. The van der Waals surface area contributed by atoms with Crippen molar-refractivity contribution in [1.29, 1.82) is 0 Å². The highest BCUT2D eigenvalue weighted by molar-refractivity contribution is 9.09. The van der Waals surface area contributed by atoms with Crippen LogP contribution in [0.25, 0.3) is 0 Å². The molecule has 0 amide bonds. The number of nitrogens with two attached hydrogens (primary N) is 1. The highest BCUT2D eigenvalue weighted by Gasteiger charge is 2.45. The van der Waals surface area contributed by atoms with Gasteiger partial charge in [0.1, 0.15) is 6.10 Å². The van der Waals surface area contributed by atoms with E-state index in [0.717, 1.165) is 0 Å². The van der Waals surface area contributed by atoms with Gasteiger partial charge in [-0.2, -0.15) is 4.98 Å². The summed E-state index contributed by atoms with van der Waals surface area (Å²) in [6.45, 7) is 0.